The Bertz CT molecular complexity index is 911. The van der Waals surface area contributed by atoms with Gasteiger partial charge in [-0.2, -0.15) is 5.10 Å². The zero-order chi connectivity index (χ0) is 18.8. The molecule has 7 nitrogen and oxygen atoms in total. The average molecular weight is 365 g/mol. The molecule has 2 amide bonds. The van der Waals surface area contributed by atoms with E-state index in [0.717, 1.165) is 11.1 Å². The number of hydrogen-bond donors (Lipinski definition) is 2. The first-order valence-electron chi connectivity index (χ1n) is 8.70. The molecule has 2 aromatic carbocycles. The minimum atomic E-state index is -0.805. The second-order valence-corrected chi connectivity index (χ2v) is 6.48. The molecule has 1 saturated heterocycles. The quantitative estimate of drug-likeness (QED) is 0.491. The summed E-state index contributed by atoms with van der Waals surface area (Å²) in [5.41, 5.74) is 4.90. The molecule has 0 bridgehead atoms. The summed E-state index contributed by atoms with van der Waals surface area (Å²) >= 11 is 0. The van der Waals surface area contributed by atoms with Gasteiger partial charge < -0.3 is 14.8 Å². The topological polar surface area (TPSA) is 89.0 Å². The van der Waals surface area contributed by atoms with E-state index in [9.17, 15) is 9.59 Å². The first-order valence-corrected chi connectivity index (χ1v) is 8.70. The molecular formula is C20H19N3O4. The molecule has 2 unspecified atom stereocenters. The second-order valence-electron chi connectivity index (χ2n) is 6.48. The molecule has 0 aromatic heterocycles. The Kier molecular flexibility index (Phi) is 4.50. The summed E-state index contributed by atoms with van der Waals surface area (Å²) < 4.78 is 10.6. The number of nitrogens with one attached hydrogen (secondary N) is 2. The molecule has 2 aliphatic rings. The van der Waals surface area contributed by atoms with Crippen molar-refractivity contribution in [1.29, 1.82) is 0 Å². The molecule has 0 spiro atoms. The zero-order valence-corrected chi connectivity index (χ0v) is 14.8. The van der Waals surface area contributed by atoms with E-state index in [2.05, 4.69) is 15.8 Å². The van der Waals surface area contributed by atoms with E-state index in [4.69, 9.17) is 9.47 Å². The van der Waals surface area contributed by atoms with E-state index in [1.165, 1.54) is 0 Å². The summed E-state index contributed by atoms with van der Waals surface area (Å²) in [6.07, 6.45) is 0. The zero-order valence-electron chi connectivity index (χ0n) is 14.8. The van der Waals surface area contributed by atoms with Crippen LogP contribution in [0.2, 0.25) is 0 Å². The van der Waals surface area contributed by atoms with Gasteiger partial charge in [0.15, 0.2) is 11.5 Å². The van der Waals surface area contributed by atoms with Crippen LogP contribution in [0.3, 0.4) is 0 Å². The molecule has 7 heteroatoms. The van der Waals surface area contributed by atoms with Crippen molar-refractivity contribution >= 4 is 17.5 Å². The summed E-state index contributed by atoms with van der Waals surface area (Å²) in [4.78, 5) is 24.8. The summed E-state index contributed by atoms with van der Waals surface area (Å²) in [6, 6.07) is 15.0. The van der Waals surface area contributed by atoms with Crippen LogP contribution in [-0.2, 0) is 9.59 Å². The lowest BCUT2D eigenvalue weighted by molar-refractivity contribution is -0.133. The van der Waals surface area contributed by atoms with Crippen molar-refractivity contribution in [1.82, 2.24) is 10.7 Å². The molecule has 2 N–H and O–H groups in total. The number of ether oxygens (including phenoxy) is 2. The number of rotatable bonds is 4. The number of benzene rings is 2. The van der Waals surface area contributed by atoms with Crippen LogP contribution < -0.4 is 20.2 Å². The smallest absolute Gasteiger partial charge is 0.253 e. The normalized spacial score (nSPS) is 21.1. The van der Waals surface area contributed by atoms with Crippen molar-refractivity contribution in [3.05, 3.63) is 59.7 Å². The lowest BCUT2D eigenvalue weighted by Crippen LogP contribution is -2.35. The molecule has 2 aromatic rings. The predicted molar refractivity (Wildman–Crippen MR) is 98.6 cm³/mol. The molecule has 2 atom stereocenters. The van der Waals surface area contributed by atoms with Crippen molar-refractivity contribution in [2.45, 2.75) is 12.8 Å². The van der Waals surface area contributed by atoms with Crippen LogP contribution in [0, 0.1) is 5.92 Å². The van der Waals surface area contributed by atoms with Crippen molar-refractivity contribution in [3.63, 3.8) is 0 Å². The number of hydrazone groups is 1. The fourth-order valence-corrected chi connectivity index (χ4v) is 3.33. The van der Waals surface area contributed by atoms with E-state index in [1.807, 2.05) is 42.5 Å². The van der Waals surface area contributed by atoms with Gasteiger partial charge in [0.2, 0.25) is 12.7 Å². The minimum Gasteiger partial charge on any atom is -0.454 e. The van der Waals surface area contributed by atoms with E-state index >= 15 is 0 Å². The van der Waals surface area contributed by atoms with Crippen LogP contribution >= 0.6 is 0 Å². The SMILES string of the molecule is C/C(=N/NC(=O)C1C(=O)NCC1c1ccccc1)c1ccc2c(c1)OCO2. The predicted octanol–water partition coefficient (Wildman–Crippen LogP) is 1.79. The van der Waals surface area contributed by atoms with E-state index in [-0.39, 0.29) is 18.6 Å². The van der Waals surface area contributed by atoms with Gasteiger partial charge in [0.25, 0.3) is 5.91 Å². The van der Waals surface area contributed by atoms with Crippen LogP contribution in [0.25, 0.3) is 0 Å². The Morgan fingerprint density at radius 2 is 1.93 bits per heavy atom. The highest BCUT2D eigenvalue weighted by Gasteiger charge is 2.41. The first-order chi connectivity index (χ1) is 13.1. The summed E-state index contributed by atoms with van der Waals surface area (Å²) in [6.45, 7) is 2.41. The molecule has 2 heterocycles. The fraction of sp³-hybridized carbons (Fsp3) is 0.250. The summed E-state index contributed by atoms with van der Waals surface area (Å²) in [7, 11) is 0. The lowest BCUT2D eigenvalue weighted by Gasteiger charge is -2.15. The van der Waals surface area contributed by atoms with Crippen molar-refractivity contribution in [2.24, 2.45) is 11.0 Å². The largest absolute Gasteiger partial charge is 0.454 e. The van der Waals surface area contributed by atoms with Crippen molar-refractivity contribution in [3.8, 4) is 11.5 Å². The minimum absolute atomic E-state index is 0.198. The van der Waals surface area contributed by atoms with Gasteiger partial charge in [0.1, 0.15) is 5.92 Å². The van der Waals surface area contributed by atoms with Gasteiger partial charge in [-0.15, -0.1) is 0 Å². The molecule has 4 rings (SSSR count). The van der Waals surface area contributed by atoms with Crippen molar-refractivity contribution in [2.75, 3.05) is 13.3 Å². The second kappa shape index (κ2) is 7.11. The van der Waals surface area contributed by atoms with E-state index < -0.39 is 11.8 Å². The first kappa shape index (κ1) is 17.1. The van der Waals surface area contributed by atoms with Crippen molar-refractivity contribution < 1.29 is 19.1 Å². The number of amides is 2. The third-order valence-corrected chi connectivity index (χ3v) is 4.82. The summed E-state index contributed by atoms with van der Waals surface area (Å²) in [5, 5.41) is 6.94. The van der Waals surface area contributed by atoms with E-state index in [0.29, 0.717) is 23.8 Å². The van der Waals surface area contributed by atoms with Gasteiger partial charge in [-0.3, -0.25) is 9.59 Å². The highest BCUT2D eigenvalue weighted by molar-refractivity contribution is 6.04. The number of carbonyl (C=O) groups excluding carboxylic acids is 2. The van der Waals surface area contributed by atoms with Gasteiger partial charge >= 0.3 is 0 Å². The maximum atomic E-state index is 12.6. The number of hydrogen-bond acceptors (Lipinski definition) is 5. The van der Waals surface area contributed by atoms with Gasteiger partial charge in [0, 0.05) is 18.0 Å². The number of fused-ring (bicyclic) bond motifs is 1. The molecule has 1 fully saturated rings. The molecule has 138 valence electrons. The monoisotopic (exact) mass is 365 g/mol. The summed E-state index contributed by atoms with van der Waals surface area (Å²) in [5.74, 6) is -0.381. The Hall–Kier alpha value is -3.35. The fourth-order valence-electron chi connectivity index (χ4n) is 3.33. The highest BCUT2D eigenvalue weighted by atomic mass is 16.7. The van der Waals surface area contributed by atoms with Crippen LogP contribution in [0.5, 0.6) is 11.5 Å². The maximum absolute atomic E-state index is 12.6. The third-order valence-electron chi connectivity index (χ3n) is 4.82. The molecule has 0 radical (unpaired) electrons. The van der Waals surface area contributed by atoms with Gasteiger partial charge in [0.05, 0.1) is 5.71 Å². The molecule has 0 saturated carbocycles. The van der Waals surface area contributed by atoms with Crippen LogP contribution in [0.15, 0.2) is 53.6 Å². The highest BCUT2D eigenvalue weighted by Crippen LogP contribution is 2.32. The van der Waals surface area contributed by atoms with E-state index in [1.54, 1.807) is 13.0 Å². The third kappa shape index (κ3) is 3.36. The molecule has 27 heavy (non-hydrogen) atoms. The molecular weight excluding hydrogens is 346 g/mol. The Morgan fingerprint density at radius 3 is 2.74 bits per heavy atom. The van der Waals surface area contributed by atoms with Crippen LogP contribution in [-0.4, -0.2) is 30.9 Å². The average Bonchev–Trinajstić information content (AvgIpc) is 3.32. The van der Waals surface area contributed by atoms with Crippen LogP contribution in [0.4, 0.5) is 0 Å². The lowest BCUT2D eigenvalue weighted by atomic mass is 9.88. The maximum Gasteiger partial charge on any atom is 0.253 e. The van der Waals surface area contributed by atoms with Gasteiger partial charge in [-0.05, 0) is 30.7 Å². The Morgan fingerprint density at radius 1 is 1.15 bits per heavy atom. The number of nitrogens with zero attached hydrogens (tertiary/aromatic N) is 1. The Labute approximate surface area is 156 Å². The Balaban J connectivity index is 1.49. The molecule has 2 aliphatic heterocycles. The van der Waals surface area contributed by atoms with Gasteiger partial charge in [-0.1, -0.05) is 30.3 Å². The van der Waals surface area contributed by atoms with Crippen LogP contribution in [0.1, 0.15) is 24.0 Å². The molecule has 0 aliphatic carbocycles. The van der Waals surface area contributed by atoms with Gasteiger partial charge in [-0.25, -0.2) is 5.43 Å². The number of carbonyl (C=O) groups is 2. The standard InChI is InChI=1S/C20H19N3O4/c1-12(14-7-8-16-17(9-14)27-11-26-16)22-23-20(25)18-15(10-21-19(18)24)13-5-3-2-4-6-13/h2-9,15,18H,10-11H2,1H3,(H,21,24)(H,23,25)/b22-12-.